The van der Waals surface area contributed by atoms with Gasteiger partial charge in [-0.25, -0.2) is 18.3 Å². The monoisotopic (exact) mass is 378 g/mol. The number of carbonyl (C=O) groups is 1. The van der Waals surface area contributed by atoms with Crippen LogP contribution in [0.3, 0.4) is 0 Å². The predicted octanol–water partition coefficient (Wildman–Crippen LogP) is 4.12. The number of rotatable bonds is 3. The Hall–Kier alpha value is -2.51. The Morgan fingerprint density at radius 2 is 2.04 bits per heavy atom. The Kier molecular flexibility index (Phi) is 5.17. The highest BCUT2D eigenvalue weighted by Gasteiger charge is 2.34. The van der Waals surface area contributed by atoms with E-state index in [9.17, 15) is 13.6 Å². The average molecular weight is 378 g/mol. The van der Waals surface area contributed by atoms with Crippen molar-refractivity contribution in [3.05, 3.63) is 46.8 Å². The van der Waals surface area contributed by atoms with E-state index in [0.717, 1.165) is 5.69 Å². The molecule has 8 heteroatoms. The first-order chi connectivity index (χ1) is 12.7. The number of halogens is 2. The molecule has 0 bridgehead atoms. The van der Waals surface area contributed by atoms with Crippen molar-refractivity contribution in [1.29, 1.82) is 0 Å². The number of amides is 1. The molecule has 2 heterocycles. The van der Waals surface area contributed by atoms with Gasteiger partial charge in [0.05, 0.1) is 18.3 Å². The molecule has 0 aliphatic carbocycles. The summed E-state index contributed by atoms with van der Waals surface area (Å²) in [5.41, 5.74) is 1.49. The Morgan fingerprint density at radius 1 is 1.33 bits per heavy atom. The van der Waals surface area contributed by atoms with Gasteiger partial charge in [0.2, 0.25) is 0 Å². The minimum absolute atomic E-state index is 0.000916. The SMILES string of the molecule is CC1c2nnn(Cc3ccccc3C(F)F)c2CCN1C(=O)OC(C)(C)C. The molecule has 2 aromatic rings. The molecule has 1 amide bonds. The third-order valence-electron chi connectivity index (χ3n) is 4.56. The molecular formula is C19H24F2N4O2. The van der Waals surface area contributed by atoms with E-state index >= 15 is 0 Å². The molecule has 0 saturated heterocycles. The fraction of sp³-hybridized carbons (Fsp3) is 0.526. The summed E-state index contributed by atoms with van der Waals surface area (Å²) in [4.78, 5) is 14.0. The smallest absolute Gasteiger partial charge is 0.410 e. The predicted molar refractivity (Wildman–Crippen MR) is 95.6 cm³/mol. The number of hydrogen-bond donors (Lipinski definition) is 0. The van der Waals surface area contributed by atoms with Crippen molar-refractivity contribution in [1.82, 2.24) is 19.9 Å². The van der Waals surface area contributed by atoms with E-state index in [1.165, 1.54) is 6.07 Å². The molecule has 1 aliphatic heterocycles. The van der Waals surface area contributed by atoms with Crippen LogP contribution in [0, 0.1) is 0 Å². The highest BCUT2D eigenvalue weighted by Crippen LogP contribution is 2.30. The third-order valence-corrected chi connectivity index (χ3v) is 4.56. The van der Waals surface area contributed by atoms with Gasteiger partial charge in [-0.1, -0.05) is 29.5 Å². The van der Waals surface area contributed by atoms with Crippen molar-refractivity contribution < 1.29 is 18.3 Å². The normalized spacial score (nSPS) is 17.1. The van der Waals surface area contributed by atoms with E-state index in [1.807, 2.05) is 27.7 Å². The minimum atomic E-state index is -2.54. The van der Waals surface area contributed by atoms with Crippen molar-refractivity contribution in [2.24, 2.45) is 0 Å². The maximum atomic E-state index is 13.2. The van der Waals surface area contributed by atoms with Gasteiger partial charge in [-0.05, 0) is 33.3 Å². The van der Waals surface area contributed by atoms with Crippen LogP contribution in [0.15, 0.2) is 24.3 Å². The molecule has 3 rings (SSSR count). The Morgan fingerprint density at radius 3 is 2.70 bits per heavy atom. The lowest BCUT2D eigenvalue weighted by Gasteiger charge is -2.34. The van der Waals surface area contributed by atoms with Crippen molar-refractivity contribution in [3.8, 4) is 0 Å². The molecular weight excluding hydrogens is 354 g/mol. The molecule has 0 spiro atoms. The molecule has 1 aromatic carbocycles. The van der Waals surface area contributed by atoms with Gasteiger partial charge in [0.25, 0.3) is 6.43 Å². The minimum Gasteiger partial charge on any atom is -0.444 e. The zero-order chi connectivity index (χ0) is 19.8. The lowest BCUT2D eigenvalue weighted by Crippen LogP contribution is -2.42. The molecule has 0 fully saturated rings. The summed E-state index contributed by atoms with van der Waals surface area (Å²) in [6.07, 6.45) is -2.39. The van der Waals surface area contributed by atoms with Gasteiger partial charge >= 0.3 is 6.09 Å². The number of benzene rings is 1. The molecule has 1 aliphatic rings. The second-order valence-corrected chi connectivity index (χ2v) is 7.68. The molecule has 1 aromatic heterocycles. The molecule has 146 valence electrons. The molecule has 0 N–H and O–H groups in total. The van der Waals surface area contributed by atoms with Crippen molar-refractivity contribution >= 4 is 6.09 Å². The summed E-state index contributed by atoms with van der Waals surface area (Å²) in [6.45, 7) is 8.02. The van der Waals surface area contributed by atoms with Gasteiger partial charge in [0.15, 0.2) is 0 Å². The van der Waals surface area contributed by atoms with Crippen LogP contribution in [0.1, 0.15) is 62.7 Å². The quantitative estimate of drug-likeness (QED) is 0.806. The summed E-state index contributed by atoms with van der Waals surface area (Å²) in [7, 11) is 0. The molecule has 6 nitrogen and oxygen atoms in total. The summed E-state index contributed by atoms with van der Waals surface area (Å²) in [5.74, 6) is 0. The molecule has 27 heavy (non-hydrogen) atoms. The Labute approximate surface area is 157 Å². The lowest BCUT2D eigenvalue weighted by atomic mass is 10.0. The van der Waals surface area contributed by atoms with Gasteiger partial charge in [0, 0.05) is 18.5 Å². The van der Waals surface area contributed by atoms with E-state index in [0.29, 0.717) is 24.2 Å². The van der Waals surface area contributed by atoms with Gasteiger partial charge in [-0.15, -0.1) is 5.10 Å². The second-order valence-electron chi connectivity index (χ2n) is 7.68. The van der Waals surface area contributed by atoms with Crippen LogP contribution in [-0.2, 0) is 17.7 Å². The second kappa shape index (κ2) is 7.25. The number of hydrogen-bond acceptors (Lipinski definition) is 4. The number of fused-ring (bicyclic) bond motifs is 1. The van der Waals surface area contributed by atoms with Crippen LogP contribution >= 0.6 is 0 Å². The van der Waals surface area contributed by atoms with E-state index in [-0.39, 0.29) is 18.2 Å². The summed E-state index contributed by atoms with van der Waals surface area (Å²) in [5, 5.41) is 8.37. The first kappa shape index (κ1) is 19.3. The Balaban J connectivity index is 1.82. The number of alkyl halides is 2. The highest BCUT2D eigenvalue weighted by molar-refractivity contribution is 5.69. The average Bonchev–Trinajstić information content (AvgIpc) is 2.97. The Bertz CT molecular complexity index is 829. The molecule has 0 radical (unpaired) electrons. The zero-order valence-electron chi connectivity index (χ0n) is 15.9. The van der Waals surface area contributed by atoms with Crippen LogP contribution in [0.5, 0.6) is 0 Å². The summed E-state index contributed by atoms with van der Waals surface area (Å²) >= 11 is 0. The molecule has 1 unspecified atom stereocenters. The van der Waals surface area contributed by atoms with Gasteiger partial charge in [-0.3, -0.25) is 4.90 Å². The number of ether oxygens (including phenoxy) is 1. The number of carbonyl (C=O) groups excluding carboxylic acids is 1. The largest absolute Gasteiger partial charge is 0.444 e. The van der Waals surface area contributed by atoms with Crippen LogP contribution in [0.2, 0.25) is 0 Å². The van der Waals surface area contributed by atoms with Crippen LogP contribution in [-0.4, -0.2) is 38.1 Å². The highest BCUT2D eigenvalue weighted by atomic mass is 19.3. The zero-order valence-corrected chi connectivity index (χ0v) is 15.9. The van der Waals surface area contributed by atoms with Crippen LogP contribution in [0.4, 0.5) is 13.6 Å². The van der Waals surface area contributed by atoms with Crippen LogP contribution in [0.25, 0.3) is 0 Å². The fourth-order valence-electron chi connectivity index (χ4n) is 3.24. The fourth-order valence-corrected chi connectivity index (χ4v) is 3.24. The summed E-state index contributed by atoms with van der Waals surface area (Å²) < 4.78 is 33.6. The van der Waals surface area contributed by atoms with Gasteiger partial charge in [0.1, 0.15) is 11.3 Å². The van der Waals surface area contributed by atoms with E-state index in [4.69, 9.17) is 4.74 Å². The van der Waals surface area contributed by atoms with E-state index in [1.54, 1.807) is 27.8 Å². The van der Waals surface area contributed by atoms with Crippen molar-refractivity contribution in [3.63, 3.8) is 0 Å². The van der Waals surface area contributed by atoms with Crippen molar-refractivity contribution in [2.75, 3.05) is 6.54 Å². The first-order valence-corrected chi connectivity index (χ1v) is 8.95. The van der Waals surface area contributed by atoms with E-state index in [2.05, 4.69) is 10.3 Å². The lowest BCUT2D eigenvalue weighted by molar-refractivity contribution is 0.0154. The molecule has 1 atom stereocenters. The number of nitrogens with zero attached hydrogens (tertiary/aromatic N) is 4. The number of aromatic nitrogens is 3. The molecule has 0 saturated carbocycles. The maximum Gasteiger partial charge on any atom is 0.410 e. The van der Waals surface area contributed by atoms with Gasteiger partial charge in [-0.2, -0.15) is 0 Å². The van der Waals surface area contributed by atoms with Crippen LogP contribution < -0.4 is 0 Å². The summed E-state index contributed by atoms with van der Waals surface area (Å²) in [6, 6.07) is 6.15. The third kappa shape index (κ3) is 4.09. The standard InChI is InChI=1S/C19H24F2N4O2/c1-12-16-15(9-10-24(12)18(26)27-19(2,3)4)25(23-22-16)11-13-7-5-6-8-14(13)17(20)21/h5-8,12,17H,9-11H2,1-4H3. The first-order valence-electron chi connectivity index (χ1n) is 8.95. The van der Waals surface area contributed by atoms with Gasteiger partial charge < -0.3 is 4.74 Å². The topological polar surface area (TPSA) is 60.2 Å². The maximum absolute atomic E-state index is 13.2. The van der Waals surface area contributed by atoms with E-state index < -0.39 is 18.1 Å². The van der Waals surface area contributed by atoms with Crippen molar-refractivity contribution in [2.45, 2.75) is 58.7 Å².